The Hall–Kier alpha value is -1.22. The van der Waals surface area contributed by atoms with E-state index in [1.54, 1.807) is 12.1 Å². The average Bonchev–Trinajstić information content (AvgIpc) is 2.15. The molecule has 1 aliphatic heterocycles. The van der Waals surface area contributed by atoms with E-state index in [9.17, 15) is 9.18 Å². The van der Waals surface area contributed by atoms with E-state index in [1.165, 1.54) is 6.07 Å². The maximum atomic E-state index is 13.4. The van der Waals surface area contributed by atoms with Gasteiger partial charge in [0.2, 0.25) is 0 Å². The molecule has 0 atom stereocenters. The van der Waals surface area contributed by atoms with Gasteiger partial charge in [-0.15, -0.1) is 0 Å². The summed E-state index contributed by atoms with van der Waals surface area (Å²) in [7, 11) is 0. The first-order valence-electron chi connectivity index (χ1n) is 5.17. The number of hydrogen-bond donors (Lipinski definition) is 1. The van der Waals surface area contributed by atoms with Crippen LogP contribution in [0.4, 0.5) is 4.39 Å². The van der Waals surface area contributed by atoms with E-state index >= 15 is 0 Å². The SMILES string of the molecule is Cc1ccc(F)c(C(=O)CC2CNC2)c1. The van der Waals surface area contributed by atoms with E-state index in [-0.39, 0.29) is 11.3 Å². The molecule has 0 bridgehead atoms. The fourth-order valence-electron chi connectivity index (χ4n) is 1.72. The Morgan fingerprint density at radius 1 is 1.53 bits per heavy atom. The molecule has 0 aliphatic carbocycles. The number of rotatable bonds is 3. The molecule has 1 aromatic rings. The van der Waals surface area contributed by atoms with Crippen LogP contribution in [0.2, 0.25) is 0 Å². The maximum Gasteiger partial charge on any atom is 0.166 e. The molecule has 1 fully saturated rings. The summed E-state index contributed by atoms with van der Waals surface area (Å²) in [5.74, 6) is -0.0991. The van der Waals surface area contributed by atoms with Crippen LogP contribution < -0.4 is 5.32 Å². The second kappa shape index (κ2) is 4.11. The van der Waals surface area contributed by atoms with E-state index in [0.29, 0.717) is 12.3 Å². The Kier molecular flexibility index (Phi) is 2.82. The van der Waals surface area contributed by atoms with Crippen LogP contribution >= 0.6 is 0 Å². The Bertz CT molecular complexity index is 385. The molecule has 0 spiro atoms. The van der Waals surface area contributed by atoms with Gasteiger partial charge in [0, 0.05) is 6.42 Å². The molecule has 0 unspecified atom stereocenters. The highest BCUT2D eigenvalue weighted by atomic mass is 19.1. The Balaban J connectivity index is 2.12. The first-order chi connectivity index (χ1) is 7.16. The minimum absolute atomic E-state index is 0.0808. The lowest BCUT2D eigenvalue weighted by molar-refractivity contribution is 0.0941. The van der Waals surface area contributed by atoms with Gasteiger partial charge >= 0.3 is 0 Å². The van der Waals surface area contributed by atoms with E-state index < -0.39 is 5.82 Å². The van der Waals surface area contributed by atoms with E-state index in [2.05, 4.69) is 5.32 Å². The van der Waals surface area contributed by atoms with Crippen molar-refractivity contribution < 1.29 is 9.18 Å². The summed E-state index contributed by atoms with van der Waals surface area (Å²) in [5, 5.41) is 3.10. The lowest BCUT2D eigenvalue weighted by Gasteiger charge is -2.26. The van der Waals surface area contributed by atoms with Gasteiger partial charge < -0.3 is 5.32 Å². The van der Waals surface area contributed by atoms with Crippen molar-refractivity contribution in [3.63, 3.8) is 0 Å². The molecule has 0 aromatic heterocycles. The summed E-state index contributed by atoms with van der Waals surface area (Å²) >= 11 is 0. The van der Waals surface area contributed by atoms with Crippen molar-refractivity contribution >= 4 is 5.78 Å². The highest BCUT2D eigenvalue weighted by molar-refractivity contribution is 5.96. The van der Waals surface area contributed by atoms with E-state index in [4.69, 9.17) is 0 Å². The second-order valence-corrected chi connectivity index (χ2v) is 4.13. The fraction of sp³-hybridized carbons (Fsp3) is 0.417. The van der Waals surface area contributed by atoms with Crippen LogP contribution in [-0.2, 0) is 0 Å². The van der Waals surface area contributed by atoms with Crippen LogP contribution in [0.1, 0.15) is 22.3 Å². The van der Waals surface area contributed by atoms with Crippen molar-refractivity contribution in [3.05, 3.63) is 35.1 Å². The van der Waals surface area contributed by atoms with Gasteiger partial charge in [0.05, 0.1) is 5.56 Å². The molecule has 1 aromatic carbocycles. The number of Topliss-reactive ketones (excluding diaryl/α,β-unsaturated/α-hetero) is 1. The first-order valence-corrected chi connectivity index (χ1v) is 5.17. The molecule has 1 N–H and O–H groups in total. The van der Waals surface area contributed by atoms with Gasteiger partial charge in [-0.3, -0.25) is 4.79 Å². The lowest BCUT2D eigenvalue weighted by Crippen LogP contribution is -2.43. The highest BCUT2D eigenvalue weighted by Crippen LogP contribution is 2.17. The maximum absolute atomic E-state index is 13.4. The third-order valence-electron chi connectivity index (χ3n) is 2.76. The zero-order chi connectivity index (χ0) is 10.8. The van der Waals surface area contributed by atoms with E-state index in [1.807, 2.05) is 6.92 Å². The molecule has 0 amide bonds. The van der Waals surface area contributed by atoms with Crippen LogP contribution in [0.3, 0.4) is 0 Å². The highest BCUT2D eigenvalue weighted by Gasteiger charge is 2.22. The van der Waals surface area contributed by atoms with Crippen LogP contribution in [-0.4, -0.2) is 18.9 Å². The summed E-state index contributed by atoms with van der Waals surface area (Å²) in [4.78, 5) is 11.8. The molecule has 1 heterocycles. The first kappa shape index (κ1) is 10.3. The molecule has 0 radical (unpaired) electrons. The van der Waals surface area contributed by atoms with E-state index in [0.717, 1.165) is 18.7 Å². The third-order valence-corrected chi connectivity index (χ3v) is 2.76. The van der Waals surface area contributed by atoms with Gasteiger partial charge in [-0.25, -0.2) is 4.39 Å². The minimum atomic E-state index is -0.405. The van der Waals surface area contributed by atoms with Gasteiger partial charge in [-0.2, -0.15) is 0 Å². The predicted molar refractivity (Wildman–Crippen MR) is 56.4 cm³/mol. The Morgan fingerprint density at radius 2 is 2.27 bits per heavy atom. The Morgan fingerprint density at radius 3 is 2.87 bits per heavy atom. The van der Waals surface area contributed by atoms with Crippen molar-refractivity contribution in [3.8, 4) is 0 Å². The number of carbonyl (C=O) groups is 1. The number of ketones is 1. The number of aryl methyl sites for hydroxylation is 1. The standard InChI is InChI=1S/C12H14FNO/c1-8-2-3-11(13)10(4-8)12(15)5-9-6-14-7-9/h2-4,9,14H,5-7H2,1H3. The predicted octanol–water partition coefficient (Wildman–Crippen LogP) is 1.93. The monoisotopic (exact) mass is 207 g/mol. The molecular formula is C12H14FNO. The van der Waals surface area contributed by atoms with Crippen LogP contribution in [0.25, 0.3) is 0 Å². The number of halogens is 1. The molecule has 1 aliphatic rings. The zero-order valence-electron chi connectivity index (χ0n) is 8.72. The lowest BCUT2D eigenvalue weighted by atomic mass is 9.93. The van der Waals surface area contributed by atoms with Gasteiger partial charge in [-0.1, -0.05) is 11.6 Å². The zero-order valence-corrected chi connectivity index (χ0v) is 8.72. The molecule has 1 saturated heterocycles. The number of benzene rings is 1. The van der Waals surface area contributed by atoms with Crippen molar-refractivity contribution in [2.75, 3.05) is 13.1 Å². The average molecular weight is 207 g/mol. The topological polar surface area (TPSA) is 29.1 Å². The molecule has 2 nitrogen and oxygen atoms in total. The summed E-state index contributed by atoms with van der Waals surface area (Å²) in [6.45, 7) is 3.61. The van der Waals surface area contributed by atoms with Gasteiger partial charge in [0.25, 0.3) is 0 Å². The second-order valence-electron chi connectivity index (χ2n) is 4.13. The molecule has 0 saturated carbocycles. The summed E-state index contributed by atoms with van der Waals surface area (Å²) in [6, 6.07) is 4.67. The molecule has 3 heteroatoms. The largest absolute Gasteiger partial charge is 0.316 e. The summed E-state index contributed by atoms with van der Waals surface area (Å²) in [6.07, 6.45) is 0.452. The Labute approximate surface area is 88.5 Å². The number of nitrogens with one attached hydrogen (secondary N) is 1. The quantitative estimate of drug-likeness (QED) is 0.767. The molecule has 15 heavy (non-hydrogen) atoms. The normalized spacial score (nSPS) is 16.1. The van der Waals surface area contributed by atoms with Crippen molar-refractivity contribution in [1.82, 2.24) is 5.32 Å². The summed E-state index contributed by atoms with van der Waals surface area (Å²) < 4.78 is 13.4. The molecular weight excluding hydrogens is 193 g/mol. The minimum Gasteiger partial charge on any atom is -0.316 e. The molecule has 2 rings (SSSR count). The molecule has 80 valence electrons. The summed E-state index contributed by atoms with van der Waals surface area (Å²) in [5.41, 5.74) is 1.16. The van der Waals surface area contributed by atoms with Gasteiger partial charge in [0.1, 0.15) is 5.82 Å². The fourth-order valence-corrected chi connectivity index (χ4v) is 1.72. The van der Waals surface area contributed by atoms with Crippen LogP contribution in [0.5, 0.6) is 0 Å². The third kappa shape index (κ3) is 2.23. The van der Waals surface area contributed by atoms with Crippen molar-refractivity contribution in [2.24, 2.45) is 5.92 Å². The van der Waals surface area contributed by atoms with Gasteiger partial charge in [-0.05, 0) is 38.1 Å². The van der Waals surface area contributed by atoms with Crippen molar-refractivity contribution in [2.45, 2.75) is 13.3 Å². The van der Waals surface area contributed by atoms with Crippen molar-refractivity contribution in [1.29, 1.82) is 0 Å². The van der Waals surface area contributed by atoms with Crippen LogP contribution in [0, 0.1) is 18.7 Å². The van der Waals surface area contributed by atoms with Crippen LogP contribution in [0.15, 0.2) is 18.2 Å². The number of hydrogen-bond acceptors (Lipinski definition) is 2. The smallest absolute Gasteiger partial charge is 0.166 e. The van der Waals surface area contributed by atoms with Gasteiger partial charge in [0.15, 0.2) is 5.78 Å². The number of carbonyl (C=O) groups excluding carboxylic acids is 1.